The van der Waals surface area contributed by atoms with Crippen LogP contribution < -0.4 is 0 Å². The second kappa shape index (κ2) is 6.76. The molecule has 118 valence electrons. The Labute approximate surface area is 121 Å². The van der Waals surface area contributed by atoms with E-state index >= 15 is 0 Å². The quantitative estimate of drug-likeness (QED) is 0.847. The van der Waals surface area contributed by atoms with Crippen LogP contribution in [0.15, 0.2) is 30.3 Å². The van der Waals surface area contributed by atoms with Crippen LogP contribution in [0.5, 0.6) is 0 Å². The predicted molar refractivity (Wildman–Crippen MR) is 68.7 cm³/mol. The number of hydrogen-bond acceptors (Lipinski definition) is 5. The third-order valence-corrected chi connectivity index (χ3v) is 3.34. The summed E-state index contributed by atoms with van der Waals surface area (Å²) in [4.78, 5) is 0. The van der Waals surface area contributed by atoms with Crippen LogP contribution in [0.2, 0.25) is 0 Å². The molecule has 0 saturated carbocycles. The van der Waals surface area contributed by atoms with Gasteiger partial charge in [0.05, 0.1) is 13.2 Å². The molecule has 5 nitrogen and oxygen atoms in total. The largest absolute Gasteiger partial charge is 0.385 e. The second-order valence-electron chi connectivity index (χ2n) is 4.84. The van der Waals surface area contributed by atoms with Crippen LogP contribution in [0.1, 0.15) is 5.56 Å². The standard InChI is InChI=1S/C14H18F2O5/c1-19-13-11(17)12(18)14(15,16)10(21-13)8-20-7-9-5-3-2-4-6-9/h2-6,10-13,17-18H,7-8H2,1H3/t10-,11-,12-,13-/m1/s1. The van der Waals surface area contributed by atoms with E-state index in [1.807, 2.05) is 18.2 Å². The topological polar surface area (TPSA) is 68.2 Å². The van der Waals surface area contributed by atoms with Gasteiger partial charge in [0, 0.05) is 7.11 Å². The molecule has 4 atom stereocenters. The van der Waals surface area contributed by atoms with Gasteiger partial charge in [0.1, 0.15) is 6.10 Å². The van der Waals surface area contributed by atoms with Gasteiger partial charge in [-0.2, -0.15) is 0 Å². The third kappa shape index (κ3) is 3.56. The van der Waals surface area contributed by atoms with Crippen LogP contribution in [0.25, 0.3) is 0 Å². The Morgan fingerprint density at radius 2 is 1.90 bits per heavy atom. The zero-order chi connectivity index (χ0) is 15.5. The maximum absolute atomic E-state index is 13.9. The van der Waals surface area contributed by atoms with Crippen molar-refractivity contribution >= 4 is 0 Å². The average Bonchev–Trinajstić information content (AvgIpc) is 2.49. The molecule has 0 aliphatic carbocycles. The first-order chi connectivity index (χ1) is 9.96. The SMILES string of the molecule is CO[C@@H]1O[C@H](COCc2ccccc2)C(F)(F)[C@H](O)[C@H]1O. The van der Waals surface area contributed by atoms with E-state index in [-0.39, 0.29) is 6.61 Å². The minimum atomic E-state index is -3.62. The molecule has 7 heteroatoms. The Kier molecular flexibility index (Phi) is 5.23. The summed E-state index contributed by atoms with van der Waals surface area (Å²) in [6.07, 6.45) is -7.08. The number of aliphatic hydroxyl groups is 2. The molecule has 0 unspecified atom stereocenters. The number of benzene rings is 1. The summed E-state index contributed by atoms with van der Waals surface area (Å²) in [5.74, 6) is -3.62. The van der Waals surface area contributed by atoms with Crippen molar-refractivity contribution in [2.45, 2.75) is 37.1 Å². The molecule has 0 aromatic heterocycles. The van der Waals surface area contributed by atoms with Gasteiger partial charge in [-0.1, -0.05) is 30.3 Å². The molecule has 2 rings (SSSR count). The Balaban J connectivity index is 1.94. The predicted octanol–water partition coefficient (Wildman–Crippen LogP) is 0.932. The van der Waals surface area contributed by atoms with Crippen LogP contribution in [0.3, 0.4) is 0 Å². The molecule has 1 heterocycles. The van der Waals surface area contributed by atoms with E-state index in [0.29, 0.717) is 0 Å². The fourth-order valence-corrected chi connectivity index (χ4v) is 2.10. The van der Waals surface area contributed by atoms with Crippen molar-refractivity contribution in [3.63, 3.8) is 0 Å². The number of halogens is 2. The first kappa shape index (κ1) is 16.3. The maximum atomic E-state index is 13.9. The van der Waals surface area contributed by atoms with Crippen LogP contribution in [-0.4, -0.2) is 54.5 Å². The van der Waals surface area contributed by atoms with E-state index in [1.165, 1.54) is 7.11 Å². The zero-order valence-electron chi connectivity index (χ0n) is 11.5. The third-order valence-electron chi connectivity index (χ3n) is 3.34. The Morgan fingerprint density at radius 1 is 1.24 bits per heavy atom. The highest BCUT2D eigenvalue weighted by atomic mass is 19.3. The van der Waals surface area contributed by atoms with E-state index < -0.39 is 37.1 Å². The van der Waals surface area contributed by atoms with E-state index in [4.69, 9.17) is 14.2 Å². The number of rotatable bonds is 5. The van der Waals surface area contributed by atoms with Gasteiger partial charge < -0.3 is 24.4 Å². The molecule has 0 amide bonds. The molecule has 0 radical (unpaired) electrons. The first-order valence-electron chi connectivity index (χ1n) is 6.50. The highest BCUT2D eigenvalue weighted by Crippen LogP contribution is 2.35. The van der Waals surface area contributed by atoms with Crippen molar-refractivity contribution in [2.24, 2.45) is 0 Å². The maximum Gasteiger partial charge on any atom is 0.304 e. The van der Waals surface area contributed by atoms with Crippen LogP contribution in [0.4, 0.5) is 8.78 Å². The molecule has 1 aliphatic heterocycles. The molecule has 1 saturated heterocycles. The minimum absolute atomic E-state index is 0.146. The fraction of sp³-hybridized carbons (Fsp3) is 0.571. The van der Waals surface area contributed by atoms with Gasteiger partial charge in [-0.25, -0.2) is 8.78 Å². The lowest BCUT2D eigenvalue weighted by atomic mass is 9.98. The molecular formula is C14H18F2O5. The number of hydrogen-bond donors (Lipinski definition) is 2. The highest BCUT2D eigenvalue weighted by molar-refractivity contribution is 5.13. The Morgan fingerprint density at radius 3 is 2.52 bits per heavy atom. The normalized spacial score (nSPS) is 32.0. The van der Waals surface area contributed by atoms with E-state index in [9.17, 15) is 19.0 Å². The zero-order valence-corrected chi connectivity index (χ0v) is 11.5. The lowest BCUT2D eigenvalue weighted by Gasteiger charge is -2.41. The summed E-state index contributed by atoms with van der Waals surface area (Å²) in [6, 6.07) is 9.06. The monoisotopic (exact) mass is 304 g/mol. The number of aliphatic hydroxyl groups excluding tert-OH is 2. The fourth-order valence-electron chi connectivity index (χ4n) is 2.10. The van der Waals surface area contributed by atoms with Crippen molar-refractivity contribution in [3.8, 4) is 0 Å². The molecule has 1 fully saturated rings. The molecule has 0 bridgehead atoms. The summed E-state index contributed by atoms with van der Waals surface area (Å²) >= 11 is 0. The molecular weight excluding hydrogens is 286 g/mol. The van der Waals surface area contributed by atoms with Crippen LogP contribution in [0, 0.1) is 0 Å². The van der Waals surface area contributed by atoms with Crippen molar-refractivity contribution in [3.05, 3.63) is 35.9 Å². The van der Waals surface area contributed by atoms with E-state index in [1.54, 1.807) is 12.1 Å². The Bertz CT molecular complexity index is 442. The molecule has 1 aromatic rings. The second-order valence-corrected chi connectivity index (χ2v) is 4.84. The van der Waals surface area contributed by atoms with Gasteiger partial charge in [0.15, 0.2) is 18.5 Å². The highest BCUT2D eigenvalue weighted by Gasteiger charge is 2.57. The van der Waals surface area contributed by atoms with E-state index in [2.05, 4.69) is 0 Å². The molecule has 1 aromatic carbocycles. The van der Waals surface area contributed by atoms with Gasteiger partial charge >= 0.3 is 5.92 Å². The van der Waals surface area contributed by atoms with Crippen LogP contribution in [-0.2, 0) is 20.8 Å². The first-order valence-corrected chi connectivity index (χ1v) is 6.50. The van der Waals surface area contributed by atoms with Gasteiger partial charge in [0.25, 0.3) is 0 Å². The van der Waals surface area contributed by atoms with Crippen molar-refractivity contribution in [1.82, 2.24) is 0 Å². The van der Waals surface area contributed by atoms with Gasteiger partial charge in [0.2, 0.25) is 0 Å². The summed E-state index contributed by atoms with van der Waals surface area (Å²) in [5.41, 5.74) is 0.834. The summed E-state index contributed by atoms with van der Waals surface area (Å²) < 4.78 is 42.7. The average molecular weight is 304 g/mol. The van der Waals surface area contributed by atoms with Crippen molar-refractivity contribution < 1.29 is 33.2 Å². The number of methoxy groups -OCH3 is 1. The summed E-state index contributed by atoms with van der Waals surface area (Å²) in [7, 11) is 1.20. The summed E-state index contributed by atoms with van der Waals surface area (Å²) in [5, 5.41) is 19.0. The smallest absolute Gasteiger partial charge is 0.304 e. The number of ether oxygens (including phenoxy) is 3. The molecule has 0 spiro atoms. The number of alkyl halides is 2. The van der Waals surface area contributed by atoms with Gasteiger partial charge in [-0.05, 0) is 5.56 Å². The van der Waals surface area contributed by atoms with Gasteiger partial charge in [-0.3, -0.25) is 0 Å². The van der Waals surface area contributed by atoms with Crippen LogP contribution >= 0.6 is 0 Å². The van der Waals surface area contributed by atoms with E-state index in [0.717, 1.165) is 5.56 Å². The van der Waals surface area contributed by atoms with Gasteiger partial charge in [-0.15, -0.1) is 0 Å². The minimum Gasteiger partial charge on any atom is -0.385 e. The molecule has 2 N–H and O–H groups in total. The molecule has 1 aliphatic rings. The lowest BCUT2D eigenvalue weighted by Crippen LogP contribution is -2.63. The summed E-state index contributed by atoms with van der Waals surface area (Å²) in [6.45, 7) is -0.279. The Hall–Kier alpha value is -1.12. The van der Waals surface area contributed by atoms with Crippen molar-refractivity contribution in [1.29, 1.82) is 0 Å². The molecule has 21 heavy (non-hydrogen) atoms. The lowest BCUT2D eigenvalue weighted by molar-refractivity contribution is -0.342. The van der Waals surface area contributed by atoms with Crippen molar-refractivity contribution in [2.75, 3.05) is 13.7 Å².